The van der Waals surface area contributed by atoms with E-state index in [4.69, 9.17) is 4.74 Å². The van der Waals surface area contributed by atoms with Crippen LogP contribution in [0.5, 0.6) is 0 Å². The summed E-state index contributed by atoms with van der Waals surface area (Å²) < 4.78 is 9.76. The van der Waals surface area contributed by atoms with E-state index in [0.29, 0.717) is 0 Å². The van der Waals surface area contributed by atoms with Crippen LogP contribution in [0.1, 0.15) is 63.8 Å². The number of benzene rings is 4. The molecular formula is C40H48O2Sn. The Morgan fingerprint density at radius 3 is 1.16 bits per heavy atom. The molecule has 0 unspecified atom stereocenters. The summed E-state index contributed by atoms with van der Waals surface area (Å²) in [6.45, 7) is 14.4. The van der Waals surface area contributed by atoms with Crippen LogP contribution < -0.4 is 0 Å². The summed E-state index contributed by atoms with van der Waals surface area (Å²) in [5.41, 5.74) is 4.90. The van der Waals surface area contributed by atoms with E-state index in [9.17, 15) is 4.79 Å². The maximum absolute atomic E-state index is 13.3. The van der Waals surface area contributed by atoms with Gasteiger partial charge in [0.15, 0.2) is 0 Å². The van der Waals surface area contributed by atoms with Crippen LogP contribution in [0.2, 0.25) is 13.3 Å². The van der Waals surface area contributed by atoms with Crippen LogP contribution in [0.4, 0.5) is 0 Å². The molecule has 0 atom stereocenters. The quantitative estimate of drug-likeness (QED) is 0.0847. The van der Waals surface area contributed by atoms with E-state index in [1.54, 1.807) is 0 Å². The van der Waals surface area contributed by atoms with Gasteiger partial charge in [0.25, 0.3) is 0 Å². The van der Waals surface area contributed by atoms with Crippen molar-refractivity contribution < 1.29 is 9.53 Å². The van der Waals surface area contributed by atoms with E-state index in [2.05, 4.69) is 163 Å². The molecule has 0 fully saturated rings. The Morgan fingerprint density at radius 1 is 0.558 bits per heavy atom. The first kappa shape index (κ1) is 32.8. The Hall–Kier alpha value is -3.11. The minimum atomic E-state index is -3.77. The van der Waals surface area contributed by atoms with E-state index in [1.807, 2.05) is 6.08 Å². The molecule has 4 rings (SSSR count). The van der Waals surface area contributed by atoms with Crippen molar-refractivity contribution in [2.75, 3.05) is 7.11 Å². The maximum atomic E-state index is 13.3. The fourth-order valence-corrected chi connectivity index (χ4v) is 29.7. The van der Waals surface area contributed by atoms with Gasteiger partial charge in [0, 0.05) is 0 Å². The molecule has 0 saturated carbocycles. The zero-order chi connectivity index (χ0) is 31.1. The second-order valence-corrected chi connectivity index (χ2v) is 25.9. The number of carbonyl (C=O) groups is 1. The van der Waals surface area contributed by atoms with E-state index in [-0.39, 0.29) is 22.2 Å². The molecule has 0 amide bonds. The summed E-state index contributed by atoms with van der Waals surface area (Å²) in [6.07, 6.45) is 1.87. The van der Waals surface area contributed by atoms with Gasteiger partial charge in [-0.25, -0.2) is 0 Å². The van der Waals surface area contributed by atoms with Crippen LogP contribution in [-0.2, 0) is 25.8 Å². The molecule has 0 aliphatic rings. The predicted molar refractivity (Wildman–Crippen MR) is 185 cm³/mol. The Morgan fingerprint density at radius 2 is 0.860 bits per heavy atom. The summed E-state index contributed by atoms with van der Waals surface area (Å²) >= 11 is -3.77. The number of rotatable bonds is 12. The normalized spacial score (nSPS) is 13.0. The number of hydrogen-bond acceptors (Lipinski definition) is 2. The molecule has 0 saturated heterocycles. The molecule has 43 heavy (non-hydrogen) atoms. The van der Waals surface area contributed by atoms with Crippen LogP contribution in [0, 0.1) is 0 Å². The molecule has 0 bridgehead atoms. The zero-order valence-corrected chi connectivity index (χ0v) is 29.9. The third-order valence-corrected chi connectivity index (χ3v) is 27.0. The molecule has 0 spiro atoms. The van der Waals surface area contributed by atoms with Crippen LogP contribution in [0.25, 0.3) is 3.59 Å². The summed E-state index contributed by atoms with van der Waals surface area (Å²) in [6, 6.07) is 43.5. The van der Waals surface area contributed by atoms with Gasteiger partial charge in [-0.05, 0) is 0 Å². The topological polar surface area (TPSA) is 26.3 Å². The Kier molecular flexibility index (Phi) is 10.4. The minimum absolute atomic E-state index is 0.0964. The van der Waals surface area contributed by atoms with Crippen molar-refractivity contribution in [3.05, 3.63) is 150 Å². The van der Waals surface area contributed by atoms with E-state index >= 15 is 0 Å². The Bertz CT molecular complexity index is 1360. The van der Waals surface area contributed by atoms with Crippen molar-refractivity contribution in [3.63, 3.8) is 0 Å². The zero-order valence-electron chi connectivity index (χ0n) is 27.1. The Labute approximate surface area is 264 Å². The number of carbonyl (C=O) groups excluding carboxylic acids is 1. The van der Waals surface area contributed by atoms with Crippen molar-refractivity contribution in [2.24, 2.45) is 0 Å². The van der Waals surface area contributed by atoms with Gasteiger partial charge in [-0.1, -0.05) is 0 Å². The third kappa shape index (κ3) is 8.09. The molecule has 0 N–H and O–H groups in total. The average molecular weight is 680 g/mol. The number of esters is 1. The molecule has 4 aromatic carbocycles. The van der Waals surface area contributed by atoms with E-state index in [0.717, 1.165) is 18.9 Å². The third-order valence-electron chi connectivity index (χ3n) is 9.13. The van der Waals surface area contributed by atoms with Crippen molar-refractivity contribution in [3.8, 4) is 0 Å². The molecule has 0 aliphatic carbocycles. The predicted octanol–water partition coefficient (Wildman–Crippen LogP) is 10.2. The molecular weight excluding hydrogens is 631 g/mol. The average Bonchev–Trinajstić information content (AvgIpc) is 3.00. The van der Waals surface area contributed by atoms with E-state index in [1.165, 1.54) is 27.4 Å². The first-order chi connectivity index (χ1) is 20.4. The van der Waals surface area contributed by atoms with Gasteiger partial charge < -0.3 is 0 Å². The van der Waals surface area contributed by atoms with Gasteiger partial charge in [0.05, 0.1) is 0 Å². The first-order valence-corrected chi connectivity index (χ1v) is 22.9. The van der Waals surface area contributed by atoms with Crippen molar-refractivity contribution in [1.29, 1.82) is 0 Å². The fourth-order valence-electron chi connectivity index (χ4n) is 7.32. The second kappa shape index (κ2) is 13.7. The van der Waals surface area contributed by atoms with E-state index < -0.39 is 18.4 Å². The second-order valence-electron chi connectivity index (χ2n) is 14.0. The fraction of sp³-hybridized carbons (Fsp3) is 0.325. The standard InChI is InChI=1S/C10H9O2.3C10H13.Sn/c1-12-10(11)8-7-9-5-3-2-4-6-9;3*1-10(2,3)9-7-5-4-6-8-9;/h2-6,8H,1H3;3*4-8H,1H2,2-3H3;. The van der Waals surface area contributed by atoms with Crippen molar-refractivity contribution in [2.45, 2.75) is 71.1 Å². The Balaban J connectivity index is 2.04. The number of ether oxygens (including phenoxy) is 1. The molecule has 224 valence electrons. The molecule has 0 aliphatic heterocycles. The molecule has 0 radical (unpaired) electrons. The summed E-state index contributed by atoms with van der Waals surface area (Å²) in [4.78, 5) is 13.3. The molecule has 0 heterocycles. The summed E-state index contributed by atoms with van der Waals surface area (Å²) in [5.74, 6) is -0.271. The first-order valence-electron chi connectivity index (χ1n) is 15.4. The summed E-state index contributed by atoms with van der Waals surface area (Å²) in [5, 5.41) is 0. The van der Waals surface area contributed by atoms with Gasteiger partial charge in [0.1, 0.15) is 0 Å². The summed E-state index contributed by atoms with van der Waals surface area (Å²) in [7, 11) is 1.49. The van der Waals surface area contributed by atoms with Gasteiger partial charge in [-0.2, -0.15) is 0 Å². The van der Waals surface area contributed by atoms with Gasteiger partial charge in [0.2, 0.25) is 0 Å². The number of hydrogen-bond donors (Lipinski definition) is 0. The van der Waals surface area contributed by atoms with Crippen molar-refractivity contribution in [1.82, 2.24) is 0 Å². The monoisotopic (exact) mass is 680 g/mol. The van der Waals surface area contributed by atoms with Gasteiger partial charge in [-0.15, -0.1) is 0 Å². The molecule has 0 aromatic heterocycles. The SMILES string of the molecule is COC(=O)/C=[C](\c1ccccc1)[Sn]([CH2]C(C)(C)c1ccccc1)([CH2]C(C)(C)c1ccccc1)[CH2]C(C)(C)c1ccccc1. The van der Waals surface area contributed by atoms with Crippen LogP contribution in [0.15, 0.2) is 127 Å². The van der Waals surface area contributed by atoms with Crippen LogP contribution in [0.3, 0.4) is 0 Å². The molecule has 3 heteroatoms. The van der Waals surface area contributed by atoms with Gasteiger partial charge >= 0.3 is 265 Å². The molecule has 2 nitrogen and oxygen atoms in total. The van der Waals surface area contributed by atoms with Crippen LogP contribution >= 0.6 is 0 Å². The molecule has 4 aromatic rings. The number of methoxy groups -OCH3 is 1. The van der Waals surface area contributed by atoms with Gasteiger partial charge in [-0.3, -0.25) is 0 Å². The van der Waals surface area contributed by atoms with Crippen molar-refractivity contribution >= 4 is 27.9 Å². The van der Waals surface area contributed by atoms with Crippen LogP contribution in [-0.4, -0.2) is 31.5 Å².